The molecule has 1 rings (SSSR count). The van der Waals surface area contributed by atoms with Crippen LogP contribution in [0.2, 0.25) is 0 Å². The van der Waals surface area contributed by atoms with Crippen molar-refractivity contribution >= 4 is 5.91 Å². The number of nitrogens with zero attached hydrogens (tertiary/aromatic N) is 1. The molecule has 1 aromatic rings. The summed E-state index contributed by atoms with van der Waals surface area (Å²) in [6.07, 6.45) is 0. The van der Waals surface area contributed by atoms with Gasteiger partial charge in [0, 0.05) is 20.1 Å². The summed E-state index contributed by atoms with van der Waals surface area (Å²) in [7, 11) is 1.83. The Morgan fingerprint density at radius 1 is 1.26 bits per heavy atom. The maximum absolute atomic E-state index is 11.7. The minimum absolute atomic E-state index is 0.151. The summed E-state index contributed by atoms with van der Waals surface area (Å²) in [4.78, 5) is 13.5. The molecule has 0 saturated heterocycles. The Hall–Kier alpha value is -1.35. The van der Waals surface area contributed by atoms with Crippen molar-refractivity contribution in [2.24, 2.45) is 5.92 Å². The number of carbonyl (C=O) groups is 1. The standard InChI is InChI=1S/C16H26N2O/c1-5-18(4)16(19)12-17-11-15(13(2)3)14-9-7-6-8-10-14/h6-10,13,15,17H,5,11-12H2,1-4H3. The van der Waals surface area contributed by atoms with Gasteiger partial charge in [-0.05, 0) is 24.3 Å². The quantitative estimate of drug-likeness (QED) is 0.819. The highest BCUT2D eigenvalue weighted by Gasteiger charge is 2.16. The van der Waals surface area contributed by atoms with Crippen LogP contribution in [-0.4, -0.2) is 37.5 Å². The molecule has 0 aromatic heterocycles. The van der Waals surface area contributed by atoms with Gasteiger partial charge in [0.2, 0.25) is 5.91 Å². The molecule has 3 nitrogen and oxygen atoms in total. The molecule has 1 N–H and O–H groups in total. The predicted octanol–water partition coefficient (Wildman–Crippen LogP) is 2.49. The fourth-order valence-electron chi connectivity index (χ4n) is 2.08. The van der Waals surface area contributed by atoms with Gasteiger partial charge in [0.15, 0.2) is 0 Å². The van der Waals surface area contributed by atoms with Crippen molar-refractivity contribution in [1.29, 1.82) is 0 Å². The fraction of sp³-hybridized carbons (Fsp3) is 0.562. The highest BCUT2D eigenvalue weighted by atomic mass is 16.2. The van der Waals surface area contributed by atoms with Crippen molar-refractivity contribution in [3.63, 3.8) is 0 Å². The van der Waals surface area contributed by atoms with Crippen molar-refractivity contribution < 1.29 is 4.79 Å². The predicted molar refractivity (Wildman–Crippen MR) is 80.2 cm³/mol. The molecule has 1 atom stereocenters. The minimum Gasteiger partial charge on any atom is -0.345 e. The van der Waals surface area contributed by atoms with Crippen LogP contribution in [-0.2, 0) is 4.79 Å². The van der Waals surface area contributed by atoms with Gasteiger partial charge in [-0.25, -0.2) is 0 Å². The number of likely N-dealkylation sites (N-methyl/N-ethyl adjacent to an activating group) is 1. The summed E-state index contributed by atoms with van der Waals surface area (Å²) < 4.78 is 0. The third kappa shape index (κ3) is 5.03. The molecule has 19 heavy (non-hydrogen) atoms. The van der Waals surface area contributed by atoms with Crippen LogP contribution in [0.15, 0.2) is 30.3 Å². The van der Waals surface area contributed by atoms with Gasteiger partial charge in [-0.1, -0.05) is 44.2 Å². The monoisotopic (exact) mass is 262 g/mol. The molecule has 1 amide bonds. The molecule has 106 valence electrons. The first-order chi connectivity index (χ1) is 9.06. The highest BCUT2D eigenvalue weighted by Crippen LogP contribution is 2.23. The molecular weight excluding hydrogens is 236 g/mol. The molecule has 0 bridgehead atoms. The molecule has 0 aliphatic heterocycles. The molecule has 0 spiro atoms. The summed E-state index contributed by atoms with van der Waals surface area (Å²) in [5.74, 6) is 1.15. The molecule has 0 aliphatic carbocycles. The van der Waals surface area contributed by atoms with E-state index in [4.69, 9.17) is 0 Å². The van der Waals surface area contributed by atoms with Gasteiger partial charge in [-0.15, -0.1) is 0 Å². The van der Waals surface area contributed by atoms with Gasteiger partial charge in [-0.3, -0.25) is 4.79 Å². The van der Waals surface area contributed by atoms with Crippen molar-refractivity contribution in [1.82, 2.24) is 10.2 Å². The summed E-state index contributed by atoms with van der Waals surface area (Å²) in [5, 5.41) is 3.29. The summed E-state index contributed by atoms with van der Waals surface area (Å²) in [5.41, 5.74) is 1.33. The Bertz CT molecular complexity index is 376. The first-order valence-corrected chi connectivity index (χ1v) is 7.05. The summed E-state index contributed by atoms with van der Waals surface area (Å²) in [6.45, 7) is 8.44. The average molecular weight is 262 g/mol. The number of benzene rings is 1. The largest absolute Gasteiger partial charge is 0.345 e. The Kier molecular flexibility index (Phi) is 6.57. The summed E-state index contributed by atoms with van der Waals surface area (Å²) in [6, 6.07) is 10.5. The second kappa shape index (κ2) is 7.95. The smallest absolute Gasteiger partial charge is 0.236 e. The Labute approximate surface area is 117 Å². The lowest BCUT2D eigenvalue weighted by Crippen LogP contribution is -2.37. The van der Waals surface area contributed by atoms with Crippen LogP contribution >= 0.6 is 0 Å². The van der Waals surface area contributed by atoms with E-state index in [9.17, 15) is 4.79 Å². The van der Waals surface area contributed by atoms with E-state index >= 15 is 0 Å². The number of amides is 1. The molecule has 3 heteroatoms. The highest BCUT2D eigenvalue weighted by molar-refractivity contribution is 5.77. The van der Waals surface area contributed by atoms with E-state index in [0.29, 0.717) is 18.4 Å². The second-order valence-corrected chi connectivity index (χ2v) is 5.30. The summed E-state index contributed by atoms with van der Waals surface area (Å²) >= 11 is 0. The lowest BCUT2D eigenvalue weighted by molar-refractivity contribution is -0.128. The van der Waals surface area contributed by atoms with Crippen molar-refractivity contribution in [2.45, 2.75) is 26.7 Å². The Morgan fingerprint density at radius 3 is 2.42 bits per heavy atom. The normalized spacial score (nSPS) is 12.5. The van der Waals surface area contributed by atoms with E-state index in [1.54, 1.807) is 4.90 Å². The first kappa shape index (κ1) is 15.7. The molecule has 0 heterocycles. The number of hydrogen-bond donors (Lipinski definition) is 1. The Morgan fingerprint density at radius 2 is 1.89 bits per heavy atom. The van der Waals surface area contributed by atoms with Crippen LogP contribution in [0.4, 0.5) is 0 Å². The average Bonchev–Trinajstić information content (AvgIpc) is 2.42. The van der Waals surface area contributed by atoms with Gasteiger partial charge in [-0.2, -0.15) is 0 Å². The Balaban J connectivity index is 2.50. The molecular formula is C16H26N2O. The van der Waals surface area contributed by atoms with Crippen LogP contribution in [0.1, 0.15) is 32.3 Å². The number of nitrogens with one attached hydrogen (secondary N) is 1. The van der Waals surface area contributed by atoms with E-state index in [0.717, 1.165) is 13.1 Å². The van der Waals surface area contributed by atoms with Gasteiger partial charge in [0.1, 0.15) is 0 Å². The molecule has 0 radical (unpaired) electrons. The third-order valence-corrected chi connectivity index (χ3v) is 3.57. The van der Waals surface area contributed by atoms with E-state index in [1.165, 1.54) is 5.56 Å². The van der Waals surface area contributed by atoms with E-state index in [2.05, 4.69) is 43.4 Å². The first-order valence-electron chi connectivity index (χ1n) is 7.05. The van der Waals surface area contributed by atoms with Crippen LogP contribution in [0, 0.1) is 5.92 Å². The third-order valence-electron chi connectivity index (χ3n) is 3.57. The van der Waals surface area contributed by atoms with Gasteiger partial charge in [0.05, 0.1) is 6.54 Å². The number of rotatable bonds is 7. The molecule has 0 aliphatic rings. The van der Waals surface area contributed by atoms with Crippen LogP contribution < -0.4 is 5.32 Å². The lowest BCUT2D eigenvalue weighted by Gasteiger charge is -2.22. The van der Waals surface area contributed by atoms with Crippen molar-refractivity contribution in [3.8, 4) is 0 Å². The molecule has 1 unspecified atom stereocenters. The zero-order chi connectivity index (χ0) is 14.3. The maximum Gasteiger partial charge on any atom is 0.236 e. The minimum atomic E-state index is 0.151. The maximum atomic E-state index is 11.7. The van der Waals surface area contributed by atoms with Crippen molar-refractivity contribution in [3.05, 3.63) is 35.9 Å². The fourth-order valence-corrected chi connectivity index (χ4v) is 2.08. The van der Waals surface area contributed by atoms with E-state index in [1.807, 2.05) is 20.0 Å². The van der Waals surface area contributed by atoms with Crippen LogP contribution in [0.3, 0.4) is 0 Å². The zero-order valence-electron chi connectivity index (χ0n) is 12.5. The molecule has 0 saturated carbocycles. The van der Waals surface area contributed by atoms with Gasteiger partial charge < -0.3 is 10.2 Å². The van der Waals surface area contributed by atoms with E-state index < -0.39 is 0 Å². The van der Waals surface area contributed by atoms with Gasteiger partial charge >= 0.3 is 0 Å². The molecule has 1 aromatic carbocycles. The van der Waals surface area contributed by atoms with Crippen LogP contribution in [0.5, 0.6) is 0 Å². The van der Waals surface area contributed by atoms with Crippen LogP contribution in [0.25, 0.3) is 0 Å². The SMILES string of the molecule is CCN(C)C(=O)CNCC(c1ccccc1)C(C)C. The number of hydrogen-bond acceptors (Lipinski definition) is 2. The topological polar surface area (TPSA) is 32.3 Å². The second-order valence-electron chi connectivity index (χ2n) is 5.30. The van der Waals surface area contributed by atoms with E-state index in [-0.39, 0.29) is 5.91 Å². The lowest BCUT2D eigenvalue weighted by atomic mass is 9.88. The zero-order valence-corrected chi connectivity index (χ0v) is 12.5. The van der Waals surface area contributed by atoms with Crippen molar-refractivity contribution in [2.75, 3.05) is 26.7 Å². The molecule has 0 fully saturated rings. The van der Waals surface area contributed by atoms with Gasteiger partial charge in [0.25, 0.3) is 0 Å². The number of carbonyl (C=O) groups excluding carboxylic acids is 1.